The predicted molar refractivity (Wildman–Crippen MR) is 57.7 cm³/mol. The van der Waals surface area contributed by atoms with Gasteiger partial charge in [0.15, 0.2) is 0 Å². The van der Waals surface area contributed by atoms with Gasteiger partial charge in [0.1, 0.15) is 6.33 Å². The summed E-state index contributed by atoms with van der Waals surface area (Å²) in [6.45, 7) is 4.17. The number of rotatable bonds is 5. The molecule has 0 aliphatic carbocycles. The lowest BCUT2D eigenvalue weighted by Crippen LogP contribution is -2.40. The summed E-state index contributed by atoms with van der Waals surface area (Å²) in [7, 11) is 1.68. The van der Waals surface area contributed by atoms with Gasteiger partial charge in [0.05, 0.1) is 12.1 Å². The maximum absolute atomic E-state index is 5.53. The van der Waals surface area contributed by atoms with E-state index in [4.69, 9.17) is 10.6 Å². The van der Waals surface area contributed by atoms with E-state index in [1.807, 2.05) is 0 Å². The van der Waals surface area contributed by atoms with Crippen molar-refractivity contribution >= 4 is 0 Å². The zero-order chi connectivity index (χ0) is 11.3. The SMILES string of the molecule is COC(C(C)C)C(NN)c1cncnc1. The van der Waals surface area contributed by atoms with Gasteiger partial charge in [-0.3, -0.25) is 11.3 Å². The highest BCUT2D eigenvalue weighted by Gasteiger charge is 2.25. The fourth-order valence-corrected chi connectivity index (χ4v) is 1.65. The zero-order valence-electron chi connectivity index (χ0n) is 9.34. The summed E-state index contributed by atoms with van der Waals surface area (Å²) in [6, 6.07) is -0.0869. The lowest BCUT2D eigenvalue weighted by atomic mass is 9.96. The van der Waals surface area contributed by atoms with E-state index in [9.17, 15) is 0 Å². The van der Waals surface area contributed by atoms with E-state index in [0.717, 1.165) is 5.56 Å². The highest BCUT2D eigenvalue weighted by atomic mass is 16.5. The average Bonchev–Trinajstić information content (AvgIpc) is 2.26. The van der Waals surface area contributed by atoms with Crippen LogP contribution in [0.1, 0.15) is 25.5 Å². The van der Waals surface area contributed by atoms with Crippen molar-refractivity contribution in [3.63, 3.8) is 0 Å². The minimum absolute atomic E-state index is 0.000926. The molecule has 15 heavy (non-hydrogen) atoms. The Balaban J connectivity index is 2.87. The third-order valence-corrected chi connectivity index (χ3v) is 2.38. The topological polar surface area (TPSA) is 73.1 Å². The molecule has 0 fully saturated rings. The summed E-state index contributed by atoms with van der Waals surface area (Å²) in [5.74, 6) is 5.89. The van der Waals surface area contributed by atoms with Gasteiger partial charge in [0.25, 0.3) is 0 Å². The monoisotopic (exact) mass is 210 g/mol. The average molecular weight is 210 g/mol. The summed E-state index contributed by atoms with van der Waals surface area (Å²) >= 11 is 0. The zero-order valence-corrected chi connectivity index (χ0v) is 9.34. The van der Waals surface area contributed by atoms with Crippen molar-refractivity contribution in [3.05, 3.63) is 24.3 Å². The van der Waals surface area contributed by atoms with Crippen molar-refractivity contribution in [2.45, 2.75) is 26.0 Å². The molecule has 5 nitrogen and oxygen atoms in total. The normalized spacial score (nSPS) is 15.3. The molecule has 0 saturated heterocycles. The third kappa shape index (κ3) is 2.95. The number of nitrogens with two attached hydrogens (primary N) is 1. The molecule has 0 spiro atoms. The van der Waals surface area contributed by atoms with Crippen molar-refractivity contribution in [3.8, 4) is 0 Å². The Morgan fingerprint density at radius 2 is 1.93 bits per heavy atom. The van der Waals surface area contributed by atoms with Crippen LogP contribution in [0, 0.1) is 5.92 Å². The molecule has 0 aromatic carbocycles. The second-order valence-corrected chi connectivity index (χ2v) is 3.76. The standard InChI is InChI=1S/C10H18N4O/c1-7(2)10(15-3)9(14-11)8-4-12-6-13-5-8/h4-7,9-10,14H,11H2,1-3H3. The second-order valence-electron chi connectivity index (χ2n) is 3.76. The van der Waals surface area contributed by atoms with Gasteiger partial charge < -0.3 is 4.74 Å². The molecule has 0 aliphatic rings. The number of aromatic nitrogens is 2. The lowest BCUT2D eigenvalue weighted by Gasteiger charge is -2.28. The van der Waals surface area contributed by atoms with Gasteiger partial charge >= 0.3 is 0 Å². The molecule has 5 heteroatoms. The maximum Gasteiger partial charge on any atom is 0.115 e. The van der Waals surface area contributed by atoms with Crippen LogP contribution in [-0.2, 0) is 4.74 Å². The molecule has 1 aromatic rings. The molecule has 0 amide bonds. The largest absolute Gasteiger partial charge is 0.379 e. The van der Waals surface area contributed by atoms with Crippen LogP contribution in [0.4, 0.5) is 0 Å². The van der Waals surface area contributed by atoms with Crippen molar-refractivity contribution < 1.29 is 4.74 Å². The first-order valence-electron chi connectivity index (χ1n) is 4.94. The third-order valence-electron chi connectivity index (χ3n) is 2.38. The number of hydrogen-bond acceptors (Lipinski definition) is 5. The van der Waals surface area contributed by atoms with Crippen LogP contribution in [0.15, 0.2) is 18.7 Å². The molecule has 0 radical (unpaired) electrons. The summed E-state index contributed by atoms with van der Waals surface area (Å²) in [5, 5.41) is 0. The molecule has 0 saturated carbocycles. The summed E-state index contributed by atoms with van der Waals surface area (Å²) in [5.41, 5.74) is 3.68. The number of methoxy groups -OCH3 is 1. The summed E-state index contributed by atoms with van der Waals surface area (Å²) in [4.78, 5) is 7.93. The molecule has 1 heterocycles. The fourth-order valence-electron chi connectivity index (χ4n) is 1.65. The second kappa shape index (κ2) is 5.75. The van der Waals surface area contributed by atoms with Gasteiger partial charge in [-0.05, 0) is 5.92 Å². The minimum Gasteiger partial charge on any atom is -0.379 e. The first kappa shape index (κ1) is 12.0. The highest BCUT2D eigenvalue weighted by molar-refractivity contribution is 5.11. The van der Waals surface area contributed by atoms with Gasteiger partial charge in [-0.15, -0.1) is 0 Å². The smallest absolute Gasteiger partial charge is 0.115 e. The van der Waals surface area contributed by atoms with E-state index in [-0.39, 0.29) is 12.1 Å². The Kier molecular flexibility index (Phi) is 4.61. The molecule has 0 bridgehead atoms. The molecular weight excluding hydrogens is 192 g/mol. The van der Waals surface area contributed by atoms with Gasteiger partial charge in [0, 0.05) is 25.1 Å². The van der Waals surface area contributed by atoms with E-state index < -0.39 is 0 Å². The number of ether oxygens (including phenoxy) is 1. The quantitative estimate of drug-likeness (QED) is 0.551. The van der Waals surface area contributed by atoms with E-state index in [1.165, 1.54) is 6.33 Å². The van der Waals surface area contributed by atoms with E-state index in [1.54, 1.807) is 19.5 Å². The molecule has 1 aromatic heterocycles. The van der Waals surface area contributed by atoms with Crippen LogP contribution in [0.25, 0.3) is 0 Å². The lowest BCUT2D eigenvalue weighted by molar-refractivity contribution is 0.0324. The molecule has 0 aliphatic heterocycles. The number of nitrogens with zero attached hydrogens (tertiary/aromatic N) is 2. The molecule has 84 valence electrons. The maximum atomic E-state index is 5.53. The van der Waals surface area contributed by atoms with Gasteiger partial charge in [-0.25, -0.2) is 9.97 Å². The number of hydrazine groups is 1. The van der Waals surface area contributed by atoms with Crippen molar-refractivity contribution in [2.24, 2.45) is 11.8 Å². The van der Waals surface area contributed by atoms with E-state index in [0.29, 0.717) is 5.92 Å². The van der Waals surface area contributed by atoms with Crippen LogP contribution < -0.4 is 11.3 Å². The molecule has 2 unspecified atom stereocenters. The summed E-state index contributed by atoms with van der Waals surface area (Å²) < 4.78 is 5.42. The minimum atomic E-state index is -0.0869. The highest BCUT2D eigenvalue weighted by Crippen LogP contribution is 2.22. The number of hydrogen-bond donors (Lipinski definition) is 2. The van der Waals surface area contributed by atoms with Crippen LogP contribution in [0.5, 0.6) is 0 Å². The predicted octanol–water partition coefficient (Wildman–Crippen LogP) is 0.652. The Morgan fingerprint density at radius 1 is 1.33 bits per heavy atom. The van der Waals surface area contributed by atoms with Gasteiger partial charge in [-0.1, -0.05) is 13.8 Å². The van der Waals surface area contributed by atoms with E-state index >= 15 is 0 Å². The Labute approximate surface area is 90.0 Å². The first-order valence-corrected chi connectivity index (χ1v) is 4.94. The first-order chi connectivity index (χ1) is 7.20. The molecule has 3 N–H and O–H groups in total. The summed E-state index contributed by atoms with van der Waals surface area (Å²) in [6.07, 6.45) is 4.98. The molecule has 1 rings (SSSR count). The van der Waals surface area contributed by atoms with E-state index in [2.05, 4.69) is 29.2 Å². The van der Waals surface area contributed by atoms with Crippen molar-refractivity contribution in [1.82, 2.24) is 15.4 Å². The molecular formula is C10H18N4O. The van der Waals surface area contributed by atoms with Gasteiger partial charge in [-0.2, -0.15) is 0 Å². The number of nitrogens with one attached hydrogen (secondary N) is 1. The Hall–Kier alpha value is -1.04. The van der Waals surface area contributed by atoms with Gasteiger partial charge in [0.2, 0.25) is 0 Å². The van der Waals surface area contributed by atoms with Crippen LogP contribution in [-0.4, -0.2) is 23.2 Å². The van der Waals surface area contributed by atoms with Crippen molar-refractivity contribution in [1.29, 1.82) is 0 Å². The van der Waals surface area contributed by atoms with Crippen LogP contribution in [0.3, 0.4) is 0 Å². The fraction of sp³-hybridized carbons (Fsp3) is 0.600. The van der Waals surface area contributed by atoms with Crippen LogP contribution in [0.2, 0.25) is 0 Å². The Morgan fingerprint density at radius 3 is 2.33 bits per heavy atom. The Bertz CT molecular complexity index is 278. The van der Waals surface area contributed by atoms with Crippen LogP contribution >= 0.6 is 0 Å². The van der Waals surface area contributed by atoms with Crippen molar-refractivity contribution in [2.75, 3.05) is 7.11 Å². The molecule has 2 atom stereocenters.